The third kappa shape index (κ3) is 4.15. The number of benzene rings is 4. The zero-order valence-electron chi connectivity index (χ0n) is 20.9. The summed E-state index contributed by atoms with van der Waals surface area (Å²) in [6.45, 7) is 4.20. The molecule has 0 spiro atoms. The predicted octanol–water partition coefficient (Wildman–Crippen LogP) is 7.94. The molecular weight excluding hydrogens is 454 g/mol. The van der Waals surface area contributed by atoms with Crippen molar-refractivity contribution in [1.82, 2.24) is 4.48 Å². The number of hydrogen-bond acceptors (Lipinski definition) is 1. The lowest BCUT2D eigenvalue weighted by molar-refractivity contribution is 0.835. The third-order valence-corrected chi connectivity index (χ3v) is 7.14. The molecule has 2 heterocycles. The Labute approximate surface area is 217 Å². The zero-order chi connectivity index (χ0) is 25.4. The first kappa shape index (κ1) is 23.0. The molecule has 0 radical (unpaired) electrons. The van der Waals surface area contributed by atoms with Crippen LogP contribution in [0.3, 0.4) is 0 Å². The van der Waals surface area contributed by atoms with Gasteiger partial charge in [0.05, 0.1) is 11.4 Å². The minimum Gasteiger partial charge on any atom is -0.358 e. The summed E-state index contributed by atoms with van der Waals surface area (Å²) < 4.78 is 16.6. The number of nitrogens with zero attached hydrogens (tertiary/aromatic N) is 2. The number of hydrogen-bond donors (Lipinski definition) is 0. The first-order chi connectivity index (χ1) is 18.1. The van der Waals surface area contributed by atoms with E-state index in [1.807, 2.05) is 54.6 Å². The number of fused-ring (bicyclic) bond motifs is 1. The molecule has 0 bridgehead atoms. The maximum absolute atomic E-state index is 14.9. The van der Waals surface area contributed by atoms with E-state index in [0.29, 0.717) is 0 Å². The molecule has 0 saturated carbocycles. The number of allylic oxidation sites excluding steroid dienone is 2. The molecule has 0 atom stereocenters. The van der Waals surface area contributed by atoms with E-state index in [4.69, 9.17) is 4.99 Å². The van der Waals surface area contributed by atoms with Crippen LogP contribution in [0.1, 0.15) is 27.9 Å². The largest absolute Gasteiger partial charge is 0.449 e. The maximum Gasteiger partial charge on any atom is 0.449 e. The number of rotatable bonds is 5. The fraction of sp³-hybridized carbons (Fsp3) is 0.0606. The highest BCUT2D eigenvalue weighted by Gasteiger charge is 2.22. The predicted molar refractivity (Wildman–Crippen MR) is 156 cm³/mol. The summed E-state index contributed by atoms with van der Waals surface area (Å²) in [5, 5.41) is 2.04. The smallest absolute Gasteiger partial charge is 0.358 e. The molecule has 0 saturated heterocycles. The van der Waals surface area contributed by atoms with Crippen molar-refractivity contribution >= 4 is 35.8 Å². The summed E-state index contributed by atoms with van der Waals surface area (Å²) in [6.07, 6.45) is 4.17. The second kappa shape index (κ2) is 9.55. The fourth-order valence-electron chi connectivity index (χ4n) is 5.08. The van der Waals surface area contributed by atoms with Gasteiger partial charge in [0.1, 0.15) is 0 Å². The minimum absolute atomic E-state index is 0.629. The van der Waals surface area contributed by atoms with Crippen molar-refractivity contribution in [2.24, 2.45) is 4.99 Å². The Bertz CT molecular complexity index is 1710. The van der Waals surface area contributed by atoms with Gasteiger partial charge in [-0.3, -0.25) is 0 Å². The van der Waals surface area contributed by atoms with Gasteiger partial charge in [0.15, 0.2) is 0 Å². The van der Waals surface area contributed by atoms with Crippen LogP contribution in [0, 0.1) is 13.8 Å². The lowest BCUT2D eigenvalue weighted by Crippen LogP contribution is -2.05. The Morgan fingerprint density at radius 2 is 1.35 bits per heavy atom. The van der Waals surface area contributed by atoms with E-state index >= 15 is 0 Å². The quantitative estimate of drug-likeness (QED) is 0.227. The van der Waals surface area contributed by atoms with Gasteiger partial charge in [0.25, 0.3) is 0 Å². The zero-order valence-corrected chi connectivity index (χ0v) is 20.9. The Balaban J connectivity index is 1.59. The molecule has 2 nitrogen and oxygen atoms in total. The summed E-state index contributed by atoms with van der Waals surface area (Å²) in [4.78, 5) is 5.05. The van der Waals surface area contributed by atoms with Crippen LogP contribution in [0.5, 0.6) is 0 Å². The number of halogens is 1. The van der Waals surface area contributed by atoms with Crippen molar-refractivity contribution in [2.45, 2.75) is 13.8 Å². The van der Waals surface area contributed by atoms with Gasteiger partial charge < -0.3 is 8.79 Å². The monoisotopic (exact) mass is 480 g/mol. The molecule has 178 valence electrons. The van der Waals surface area contributed by atoms with Crippen LogP contribution in [0.25, 0.3) is 33.7 Å². The first-order valence-electron chi connectivity index (χ1n) is 12.5. The van der Waals surface area contributed by atoms with Crippen LogP contribution >= 0.6 is 0 Å². The molecule has 37 heavy (non-hydrogen) atoms. The van der Waals surface area contributed by atoms with Crippen molar-refractivity contribution in [3.63, 3.8) is 0 Å². The molecule has 4 heteroatoms. The second-order valence-corrected chi connectivity index (χ2v) is 9.44. The van der Waals surface area contributed by atoms with E-state index in [9.17, 15) is 4.32 Å². The average molecular weight is 480 g/mol. The van der Waals surface area contributed by atoms with Gasteiger partial charge >= 0.3 is 7.69 Å². The SMILES string of the molecule is Cc1ccc(-c2c3ccccc3c(/C=C3\N=C(c4ccccc4)C=C3c3ccccc3)n2BF)cc1C. The fourth-order valence-corrected chi connectivity index (χ4v) is 5.08. The molecule has 1 aliphatic rings. The van der Waals surface area contributed by atoms with Gasteiger partial charge in [-0.2, -0.15) is 0 Å². The summed E-state index contributed by atoms with van der Waals surface area (Å²) >= 11 is 0. The standard InChI is InChI=1S/C33H26BFN2/c1-22-17-18-26(19-23(22)2)33-28-16-10-9-15-27(28)32(37(33)34-35)21-31-29(24-11-5-3-6-12-24)20-30(36-31)25-13-7-4-8-14-25/h3-21,34H,1-2H3/b31-21-. The van der Waals surface area contributed by atoms with Gasteiger partial charge in [-0.05, 0) is 54.3 Å². The average Bonchev–Trinajstić information content (AvgIpc) is 3.51. The van der Waals surface area contributed by atoms with Crippen LogP contribution in [-0.4, -0.2) is 17.9 Å². The van der Waals surface area contributed by atoms with Gasteiger partial charge in [-0.1, -0.05) is 97.1 Å². The molecule has 0 aliphatic carbocycles. The highest BCUT2D eigenvalue weighted by atomic mass is 19.1. The molecule has 6 rings (SSSR count). The van der Waals surface area contributed by atoms with E-state index in [1.165, 1.54) is 11.1 Å². The summed E-state index contributed by atoms with van der Waals surface area (Å²) in [5.74, 6) is 0. The Hall–Kier alpha value is -4.44. The first-order valence-corrected chi connectivity index (χ1v) is 12.5. The summed E-state index contributed by atoms with van der Waals surface area (Å²) in [5.41, 5.74) is 10.0. The maximum atomic E-state index is 14.9. The molecule has 0 unspecified atom stereocenters. The topological polar surface area (TPSA) is 17.3 Å². The number of aryl methyl sites for hydroxylation is 2. The van der Waals surface area contributed by atoms with Crippen molar-refractivity contribution < 1.29 is 4.32 Å². The van der Waals surface area contributed by atoms with E-state index in [-0.39, 0.29) is 0 Å². The molecule has 0 N–H and O–H groups in total. The Morgan fingerprint density at radius 3 is 2.03 bits per heavy atom. The summed E-state index contributed by atoms with van der Waals surface area (Å²) in [7, 11) is -0.629. The van der Waals surface area contributed by atoms with Crippen LogP contribution in [0.15, 0.2) is 120 Å². The van der Waals surface area contributed by atoms with E-state index in [1.54, 1.807) is 4.48 Å². The highest BCUT2D eigenvalue weighted by Crippen LogP contribution is 2.38. The van der Waals surface area contributed by atoms with Crippen molar-refractivity contribution in [1.29, 1.82) is 0 Å². The van der Waals surface area contributed by atoms with Gasteiger partial charge in [0.2, 0.25) is 0 Å². The van der Waals surface area contributed by atoms with Gasteiger partial charge in [0, 0.05) is 33.3 Å². The van der Waals surface area contributed by atoms with Crippen LogP contribution < -0.4 is 0 Å². The normalized spacial score (nSPS) is 14.2. The Morgan fingerprint density at radius 1 is 0.703 bits per heavy atom. The molecular formula is C33H26BFN2. The van der Waals surface area contributed by atoms with E-state index in [0.717, 1.165) is 55.8 Å². The molecule has 4 aromatic carbocycles. The third-order valence-electron chi connectivity index (χ3n) is 7.14. The Kier molecular flexibility index (Phi) is 5.94. The number of aromatic nitrogens is 1. The molecule has 0 amide bonds. The van der Waals surface area contributed by atoms with E-state index < -0.39 is 7.69 Å². The van der Waals surface area contributed by atoms with Crippen LogP contribution in [0.2, 0.25) is 0 Å². The van der Waals surface area contributed by atoms with Crippen molar-refractivity contribution in [3.8, 4) is 11.3 Å². The second-order valence-electron chi connectivity index (χ2n) is 9.44. The van der Waals surface area contributed by atoms with Crippen LogP contribution in [-0.2, 0) is 0 Å². The lowest BCUT2D eigenvalue weighted by atomic mass is 10.0. The molecule has 5 aromatic rings. The molecule has 1 aromatic heterocycles. The van der Waals surface area contributed by atoms with Gasteiger partial charge in [-0.25, -0.2) is 4.99 Å². The van der Waals surface area contributed by atoms with Crippen LogP contribution in [0.4, 0.5) is 4.32 Å². The van der Waals surface area contributed by atoms with Crippen molar-refractivity contribution in [3.05, 3.63) is 143 Å². The van der Waals surface area contributed by atoms with Crippen molar-refractivity contribution in [2.75, 3.05) is 0 Å². The summed E-state index contributed by atoms with van der Waals surface area (Å²) in [6, 6.07) is 35.0. The molecule has 0 fully saturated rings. The van der Waals surface area contributed by atoms with E-state index in [2.05, 4.69) is 74.5 Å². The highest BCUT2D eigenvalue weighted by molar-refractivity contribution is 6.29. The molecule has 1 aliphatic heterocycles. The number of aliphatic imine (C=N–C) groups is 1. The minimum atomic E-state index is -0.629. The van der Waals surface area contributed by atoms with Gasteiger partial charge in [-0.15, -0.1) is 0 Å². The lowest BCUT2D eigenvalue weighted by Gasteiger charge is -2.11.